The van der Waals surface area contributed by atoms with Gasteiger partial charge >= 0.3 is 0 Å². The fraction of sp³-hybridized carbons (Fsp3) is 0.0286. The number of nitrogens with zero attached hydrogens (tertiary/aromatic N) is 4. The minimum absolute atomic E-state index is 0.0440. The van der Waals surface area contributed by atoms with E-state index in [1.54, 1.807) is 13.0 Å². The number of benzene rings is 4. The predicted octanol–water partition coefficient (Wildman–Crippen LogP) is 8.71. The number of halogens is 1. The van der Waals surface area contributed by atoms with Crippen molar-refractivity contribution < 1.29 is 0 Å². The van der Waals surface area contributed by atoms with Gasteiger partial charge in [-0.1, -0.05) is 107 Å². The van der Waals surface area contributed by atoms with Crippen molar-refractivity contribution in [2.45, 2.75) is 6.92 Å². The number of allylic oxidation sites excluding steroid dienone is 3. The summed E-state index contributed by atoms with van der Waals surface area (Å²) in [5.74, 6) is 0. The van der Waals surface area contributed by atoms with Gasteiger partial charge in [-0.25, -0.2) is 0 Å². The van der Waals surface area contributed by atoms with Crippen LogP contribution in [0.15, 0.2) is 119 Å². The van der Waals surface area contributed by atoms with E-state index in [-0.39, 0.29) is 11.1 Å². The maximum Gasteiger partial charge on any atom is 0.133 e. The van der Waals surface area contributed by atoms with Crippen LogP contribution in [0, 0.1) is 45.3 Å². The van der Waals surface area contributed by atoms with Gasteiger partial charge in [0.15, 0.2) is 0 Å². The Morgan fingerprint density at radius 2 is 0.975 bits per heavy atom. The fourth-order valence-corrected chi connectivity index (χ4v) is 4.62. The lowest BCUT2D eigenvalue weighted by Gasteiger charge is -2.19. The lowest BCUT2D eigenvalue weighted by atomic mass is 9.85. The molecule has 188 valence electrons. The fourth-order valence-electron chi connectivity index (χ4n) is 4.36. The normalized spacial score (nSPS) is 10.6. The van der Waals surface area contributed by atoms with Crippen LogP contribution in [-0.4, -0.2) is 0 Å². The SMILES string of the molecule is CC(=C(C#N)C#N)c1ccc(C(=C(c2ccccc2)c2ccc(C=C(C#N)C#N)cc2)c2ccc(Br)cc2)cc1. The summed E-state index contributed by atoms with van der Waals surface area (Å²) in [6.07, 6.45) is 1.57. The first-order chi connectivity index (χ1) is 19.5. The van der Waals surface area contributed by atoms with Gasteiger partial charge in [0.05, 0.1) is 0 Å². The van der Waals surface area contributed by atoms with Gasteiger partial charge in [0.1, 0.15) is 35.4 Å². The second kappa shape index (κ2) is 12.9. The maximum atomic E-state index is 9.32. The largest absolute Gasteiger partial charge is 0.192 e. The molecule has 0 spiro atoms. The molecular weight excluding hydrogens is 556 g/mol. The summed E-state index contributed by atoms with van der Waals surface area (Å²) in [4.78, 5) is 0. The first-order valence-electron chi connectivity index (χ1n) is 12.3. The van der Waals surface area contributed by atoms with Gasteiger partial charge in [0, 0.05) is 4.47 Å². The average molecular weight is 577 g/mol. The molecule has 4 aromatic rings. The summed E-state index contributed by atoms with van der Waals surface area (Å²) in [5, 5.41) is 36.9. The average Bonchev–Trinajstić information content (AvgIpc) is 3.01. The molecule has 0 atom stereocenters. The molecular formula is C35H21BrN4. The Hall–Kier alpha value is -5.46. The highest BCUT2D eigenvalue weighted by atomic mass is 79.9. The van der Waals surface area contributed by atoms with Crippen molar-refractivity contribution in [2.24, 2.45) is 0 Å². The summed E-state index contributed by atoms with van der Waals surface area (Å²) >= 11 is 3.54. The van der Waals surface area contributed by atoms with Crippen LogP contribution in [0.25, 0.3) is 22.8 Å². The summed E-state index contributed by atoms with van der Waals surface area (Å²) < 4.78 is 0.968. The Morgan fingerprint density at radius 3 is 1.45 bits per heavy atom. The molecule has 0 saturated carbocycles. The van der Waals surface area contributed by atoms with Gasteiger partial charge < -0.3 is 0 Å². The van der Waals surface area contributed by atoms with E-state index in [0.29, 0.717) is 5.57 Å². The van der Waals surface area contributed by atoms with E-state index in [9.17, 15) is 10.5 Å². The topological polar surface area (TPSA) is 95.2 Å². The molecule has 0 aliphatic rings. The molecule has 5 heteroatoms. The van der Waals surface area contributed by atoms with Crippen molar-refractivity contribution in [1.29, 1.82) is 21.0 Å². The second-order valence-electron chi connectivity index (χ2n) is 8.83. The zero-order valence-corrected chi connectivity index (χ0v) is 23.1. The van der Waals surface area contributed by atoms with Crippen LogP contribution in [0.1, 0.15) is 40.3 Å². The molecule has 0 fully saturated rings. The Bertz CT molecular complexity index is 1770. The van der Waals surface area contributed by atoms with Crippen molar-refractivity contribution >= 4 is 38.7 Å². The van der Waals surface area contributed by atoms with E-state index >= 15 is 0 Å². The Balaban J connectivity index is 2.00. The van der Waals surface area contributed by atoms with Crippen molar-refractivity contribution in [1.82, 2.24) is 0 Å². The molecule has 0 N–H and O–H groups in total. The summed E-state index contributed by atoms with van der Waals surface area (Å²) in [6.45, 7) is 1.78. The van der Waals surface area contributed by atoms with Crippen molar-refractivity contribution in [3.05, 3.63) is 152 Å². The Kier molecular flexibility index (Phi) is 8.87. The summed E-state index contributed by atoms with van der Waals surface area (Å²) in [7, 11) is 0. The van der Waals surface area contributed by atoms with E-state index in [2.05, 4.69) is 40.2 Å². The highest BCUT2D eigenvalue weighted by Crippen LogP contribution is 2.38. The molecule has 0 saturated heterocycles. The highest BCUT2D eigenvalue weighted by Gasteiger charge is 2.17. The standard InChI is InChI=1S/C35H21BrN4/c1-24(32(22-39)23-40)27-11-13-30(14-12-27)35(31-15-17-33(36)18-16-31)34(28-5-3-2-4-6-28)29-9-7-25(8-10-29)19-26(20-37)21-38/h2-19H,1H3. The molecule has 0 unspecified atom stereocenters. The number of rotatable bonds is 6. The van der Waals surface area contributed by atoms with Crippen LogP contribution in [0.3, 0.4) is 0 Å². The molecule has 0 aliphatic heterocycles. The predicted molar refractivity (Wildman–Crippen MR) is 162 cm³/mol. The minimum Gasteiger partial charge on any atom is -0.192 e. The van der Waals surface area contributed by atoms with Crippen LogP contribution in [0.2, 0.25) is 0 Å². The van der Waals surface area contributed by atoms with Gasteiger partial charge in [-0.15, -0.1) is 0 Å². The quantitative estimate of drug-likeness (QED) is 0.169. The maximum absolute atomic E-state index is 9.32. The zero-order valence-electron chi connectivity index (χ0n) is 21.6. The monoisotopic (exact) mass is 576 g/mol. The van der Waals surface area contributed by atoms with Gasteiger partial charge in [-0.3, -0.25) is 0 Å². The van der Waals surface area contributed by atoms with Crippen LogP contribution in [-0.2, 0) is 0 Å². The van der Waals surface area contributed by atoms with Gasteiger partial charge in [-0.2, -0.15) is 21.0 Å². The zero-order chi connectivity index (χ0) is 28.5. The smallest absolute Gasteiger partial charge is 0.133 e. The molecule has 4 aromatic carbocycles. The van der Waals surface area contributed by atoms with E-state index in [1.165, 1.54) is 0 Å². The molecule has 0 aromatic heterocycles. The number of hydrogen-bond acceptors (Lipinski definition) is 4. The summed E-state index contributed by atoms with van der Waals surface area (Å²) in [6, 6.07) is 41.7. The lowest BCUT2D eigenvalue weighted by molar-refractivity contribution is 1.44. The molecule has 0 radical (unpaired) electrons. The van der Waals surface area contributed by atoms with E-state index in [0.717, 1.165) is 49.0 Å². The minimum atomic E-state index is 0.0440. The van der Waals surface area contributed by atoms with E-state index < -0.39 is 0 Å². The van der Waals surface area contributed by atoms with E-state index in [4.69, 9.17) is 10.5 Å². The van der Waals surface area contributed by atoms with Crippen LogP contribution in [0.4, 0.5) is 0 Å². The van der Waals surface area contributed by atoms with Crippen molar-refractivity contribution in [3.63, 3.8) is 0 Å². The lowest BCUT2D eigenvalue weighted by Crippen LogP contribution is -1.98. The molecule has 4 nitrogen and oxygen atoms in total. The Labute approximate surface area is 242 Å². The number of nitriles is 4. The Morgan fingerprint density at radius 1 is 0.550 bits per heavy atom. The molecule has 4 rings (SSSR count). The van der Waals surface area contributed by atoms with Crippen LogP contribution >= 0.6 is 15.9 Å². The highest BCUT2D eigenvalue weighted by molar-refractivity contribution is 9.10. The summed E-state index contributed by atoms with van der Waals surface area (Å²) in [5.41, 5.74) is 8.31. The van der Waals surface area contributed by atoms with Crippen molar-refractivity contribution in [2.75, 3.05) is 0 Å². The molecule has 0 heterocycles. The van der Waals surface area contributed by atoms with Gasteiger partial charge in [-0.05, 0) is 75.2 Å². The third-order valence-corrected chi connectivity index (χ3v) is 6.93. The van der Waals surface area contributed by atoms with Crippen molar-refractivity contribution in [3.8, 4) is 24.3 Å². The molecule has 40 heavy (non-hydrogen) atoms. The van der Waals surface area contributed by atoms with Gasteiger partial charge in [0.2, 0.25) is 0 Å². The second-order valence-corrected chi connectivity index (χ2v) is 9.74. The van der Waals surface area contributed by atoms with Crippen LogP contribution < -0.4 is 0 Å². The third kappa shape index (κ3) is 6.15. The third-order valence-electron chi connectivity index (χ3n) is 6.40. The first kappa shape index (κ1) is 27.6. The molecule has 0 aliphatic carbocycles. The van der Waals surface area contributed by atoms with E-state index in [1.807, 2.05) is 103 Å². The molecule has 0 amide bonds. The molecule has 0 bridgehead atoms. The van der Waals surface area contributed by atoms with Crippen LogP contribution in [0.5, 0.6) is 0 Å². The number of hydrogen-bond donors (Lipinski definition) is 0. The van der Waals surface area contributed by atoms with Gasteiger partial charge in [0.25, 0.3) is 0 Å². The first-order valence-corrected chi connectivity index (χ1v) is 13.1.